The summed E-state index contributed by atoms with van der Waals surface area (Å²) in [5.41, 5.74) is 0.853. The van der Waals surface area contributed by atoms with Crippen LogP contribution in [0.5, 0.6) is 0 Å². The van der Waals surface area contributed by atoms with E-state index < -0.39 is 12.1 Å². The molecule has 0 spiro atoms. The summed E-state index contributed by atoms with van der Waals surface area (Å²) in [5.74, 6) is -1.38. The highest BCUT2D eigenvalue weighted by molar-refractivity contribution is 14.1. The molecule has 0 saturated heterocycles. The Morgan fingerprint density at radius 3 is 2.59 bits per heavy atom. The Hall–Kier alpha value is -0.470. The van der Waals surface area contributed by atoms with E-state index in [2.05, 4.69) is 15.9 Å². The van der Waals surface area contributed by atoms with Crippen molar-refractivity contribution < 1.29 is 19.8 Å². The standard InChI is InChI=1S/C11H10BrIO4/c12-5-7(14)4-6-2-1-3-8(13)9(6)10(15)11(16)17/h1-3,10,15H,4-5H2,(H,16,17). The first kappa shape index (κ1) is 14.6. The molecular formula is C11H10BrIO4. The molecule has 0 aliphatic rings. The monoisotopic (exact) mass is 412 g/mol. The van der Waals surface area contributed by atoms with Crippen molar-refractivity contribution in [1.82, 2.24) is 0 Å². The summed E-state index contributed by atoms with van der Waals surface area (Å²) < 4.78 is 0.636. The fourth-order valence-electron chi connectivity index (χ4n) is 1.43. The second-order valence-electron chi connectivity index (χ2n) is 3.40. The molecule has 1 atom stereocenters. The smallest absolute Gasteiger partial charge is 0.337 e. The maximum atomic E-state index is 11.4. The van der Waals surface area contributed by atoms with E-state index >= 15 is 0 Å². The van der Waals surface area contributed by atoms with Crippen LogP contribution in [0, 0.1) is 3.57 Å². The van der Waals surface area contributed by atoms with E-state index in [9.17, 15) is 14.7 Å². The zero-order valence-corrected chi connectivity index (χ0v) is 12.4. The molecule has 0 aliphatic carbocycles. The first-order chi connectivity index (χ1) is 7.97. The van der Waals surface area contributed by atoms with Crippen LogP contribution < -0.4 is 0 Å². The van der Waals surface area contributed by atoms with Crippen LogP contribution in [0.15, 0.2) is 18.2 Å². The minimum absolute atomic E-state index is 0.0640. The van der Waals surface area contributed by atoms with E-state index in [0.717, 1.165) is 0 Å². The van der Waals surface area contributed by atoms with Crippen molar-refractivity contribution in [2.45, 2.75) is 12.5 Å². The second kappa shape index (κ2) is 6.46. The topological polar surface area (TPSA) is 74.6 Å². The SMILES string of the molecule is O=C(CBr)Cc1cccc(I)c1C(O)C(=O)O. The number of Topliss-reactive ketones (excluding diaryl/α,β-unsaturated/α-hetero) is 1. The molecular weight excluding hydrogens is 403 g/mol. The number of aliphatic hydroxyl groups is 1. The highest BCUT2D eigenvalue weighted by Gasteiger charge is 2.22. The number of ketones is 1. The van der Waals surface area contributed by atoms with Gasteiger partial charge in [0.25, 0.3) is 0 Å². The lowest BCUT2D eigenvalue weighted by Gasteiger charge is -2.13. The molecule has 2 N–H and O–H groups in total. The number of hydrogen-bond acceptors (Lipinski definition) is 3. The second-order valence-corrected chi connectivity index (χ2v) is 5.13. The molecule has 1 unspecified atom stereocenters. The molecule has 0 aromatic heterocycles. The van der Waals surface area contributed by atoms with Crippen LogP contribution in [0.1, 0.15) is 17.2 Å². The molecule has 6 heteroatoms. The van der Waals surface area contributed by atoms with Crippen molar-refractivity contribution in [3.63, 3.8) is 0 Å². The van der Waals surface area contributed by atoms with Crippen LogP contribution in [0.3, 0.4) is 0 Å². The zero-order chi connectivity index (χ0) is 13.0. The Morgan fingerprint density at radius 2 is 2.06 bits per heavy atom. The summed E-state index contributed by atoms with van der Waals surface area (Å²) in [6.45, 7) is 0. The van der Waals surface area contributed by atoms with Gasteiger partial charge in [-0.2, -0.15) is 0 Å². The minimum atomic E-state index is -1.60. The number of benzene rings is 1. The maximum absolute atomic E-state index is 11.4. The fourth-order valence-corrected chi connectivity index (χ4v) is 2.47. The van der Waals surface area contributed by atoms with Crippen molar-refractivity contribution in [2.75, 3.05) is 5.33 Å². The Bertz CT molecular complexity index is 447. The van der Waals surface area contributed by atoms with Crippen molar-refractivity contribution in [1.29, 1.82) is 0 Å². The first-order valence-electron chi connectivity index (χ1n) is 4.73. The molecule has 1 aromatic carbocycles. The largest absolute Gasteiger partial charge is 0.479 e. The molecule has 17 heavy (non-hydrogen) atoms. The van der Waals surface area contributed by atoms with Crippen molar-refractivity contribution >= 4 is 50.3 Å². The Labute approximate surface area is 120 Å². The average molecular weight is 413 g/mol. The summed E-state index contributed by atoms with van der Waals surface area (Å²) in [6, 6.07) is 5.09. The van der Waals surface area contributed by atoms with Gasteiger partial charge < -0.3 is 10.2 Å². The summed E-state index contributed by atoms with van der Waals surface area (Å²) in [6.07, 6.45) is -1.48. The normalized spacial score (nSPS) is 12.2. The molecule has 0 aliphatic heterocycles. The third kappa shape index (κ3) is 3.75. The van der Waals surface area contributed by atoms with Crippen LogP contribution in [0.4, 0.5) is 0 Å². The van der Waals surface area contributed by atoms with E-state index in [1.54, 1.807) is 18.2 Å². The number of carbonyl (C=O) groups excluding carboxylic acids is 1. The molecule has 4 nitrogen and oxygen atoms in total. The van der Waals surface area contributed by atoms with Crippen LogP contribution in [-0.4, -0.2) is 27.3 Å². The van der Waals surface area contributed by atoms with E-state index in [0.29, 0.717) is 14.7 Å². The van der Waals surface area contributed by atoms with E-state index in [4.69, 9.17) is 5.11 Å². The Balaban J connectivity index is 3.17. The molecule has 0 fully saturated rings. The summed E-state index contributed by atoms with van der Waals surface area (Å²) >= 11 is 5.00. The van der Waals surface area contributed by atoms with Gasteiger partial charge >= 0.3 is 5.97 Å². The van der Waals surface area contributed by atoms with Gasteiger partial charge in [-0.25, -0.2) is 4.79 Å². The van der Waals surface area contributed by atoms with Crippen LogP contribution in [0.2, 0.25) is 0 Å². The molecule has 1 rings (SSSR count). The Morgan fingerprint density at radius 1 is 1.41 bits per heavy atom. The number of carboxylic acid groups (broad SMARTS) is 1. The van der Waals surface area contributed by atoms with Gasteiger partial charge in [0, 0.05) is 15.6 Å². The molecule has 0 heterocycles. The number of alkyl halides is 1. The van der Waals surface area contributed by atoms with Crippen molar-refractivity contribution in [2.24, 2.45) is 0 Å². The van der Waals surface area contributed by atoms with Crippen LogP contribution in [-0.2, 0) is 16.0 Å². The third-order valence-electron chi connectivity index (χ3n) is 2.19. The highest BCUT2D eigenvalue weighted by atomic mass is 127. The number of halogens is 2. The van der Waals surface area contributed by atoms with Crippen molar-refractivity contribution in [3.05, 3.63) is 32.9 Å². The number of rotatable bonds is 5. The quantitative estimate of drug-likeness (QED) is 0.572. The van der Waals surface area contributed by atoms with Gasteiger partial charge in [0.2, 0.25) is 0 Å². The predicted octanol–water partition coefficient (Wildman–Crippen LogP) is 1.92. The Kier molecular flexibility index (Phi) is 5.54. The first-order valence-corrected chi connectivity index (χ1v) is 6.93. The van der Waals surface area contributed by atoms with Gasteiger partial charge in [-0.1, -0.05) is 28.1 Å². The van der Waals surface area contributed by atoms with Crippen LogP contribution >= 0.6 is 38.5 Å². The summed E-state index contributed by atoms with van der Waals surface area (Å²) in [7, 11) is 0. The summed E-state index contributed by atoms with van der Waals surface area (Å²) in [5, 5.41) is 18.7. The molecule has 0 radical (unpaired) electrons. The van der Waals surface area contributed by atoms with Gasteiger partial charge in [-0.3, -0.25) is 4.79 Å². The number of carbonyl (C=O) groups is 2. The number of aliphatic carboxylic acids is 1. The molecule has 0 amide bonds. The molecule has 0 saturated carbocycles. The van der Waals surface area contributed by atoms with Gasteiger partial charge in [0.15, 0.2) is 6.10 Å². The van der Waals surface area contributed by atoms with Gasteiger partial charge in [0.1, 0.15) is 5.78 Å². The average Bonchev–Trinajstić information content (AvgIpc) is 2.28. The highest BCUT2D eigenvalue weighted by Crippen LogP contribution is 2.25. The van der Waals surface area contributed by atoms with E-state index in [1.807, 2.05) is 22.6 Å². The third-order valence-corrected chi connectivity index (χ3v) is 3.75. The summed E-state index contributed by atoms with van der Waals surface area (Å²) in [4.78, 5) is 22.2. The van der Waals surface area contributed by atoms with E-state index in [1.165, 1.54) is 0 Å². The van der Waals surface area contributed by atoms with E-state index in [-0.39, 0.29) is 17.5 Å². The van der Waals surface area contributed by atoms with Crippen LogP contribution in [0.25, 0.3) is 0 Å². The molecule has 0 bridgehead atoms. The lowest BCUT2D eigenvalue weighted by atomic mass is 9.98. The number of carboxylic acids is 1. The fraction of sp³-hybridized carbons (Fsp3) is 0.273. The lowest BCUT2D eigenvalue weighted by Crippen LogP contribution is -2.16. The lowest BCUT2D eigenvalue weighted by molar-refractivity contribution is -0.147. The zero-order valence-electron chi connectivity index (χ0n) is 8.69. The minimum Gasteiger partial charge on any atom is -0.479 e. The van der Waals surface area contributed by atoms with Gasteiger partial charge in [-0.15, -0.1) is 0 Å². The molecule has 92 valence electrons. The number of hydrogen-bond donors (Lipinski definition) is 2. The molecule has 1 aromatic rings. The predicted molar refractivity (Wildman–Crippen MR) is 74.3 cm³/mol. The van der Waals surface area contributed by atoms with Crippen molar-refractivity contribution in [3.8, 4) is 0 Å². The number of aliphatic hydroxyl groups excluding tert-OH is 1. The van der Waals surface area contributed by atoms with Gasteiger partial charge in [-0.05, 0) is 34.2 Å². The van der Waals surface area contributed by atoms with Gasteiger partial charge in [0.05, 0.1) is 5.33 Å². The maximum Gasteiger partial charge on any atom is 0.337 e.